The van der Waals surface area contributed by atoms with Gasteiger partial charge in [-0.25, -0.2) is 14.4 Å². The SMILES string of the molecule is COC(=O)C1CN(C(=O)OC(C)(C)C)C(C)CN1C(=O)OCc1ccccc1. The Morgan fingerprint density at radius 3 is 2.25 bits per heavy atom. The van der Waals surface area contributed by atoms with E-state index in [0.29, 0.717) is 0 Å². The normalized spacial score (nSPS) is 19.8. The van der Waals surface area contributed by atoms with Crippen LogP contribution in [0.15, 0.2) is 30.3 Å². The topological polar surface area (TPSA) is 85.4 Å². The number of methoxy groups -OCH3 is 1. The van der Waals surface area contributed by atoms with E-state index in [4.69, 9.17) is 14.2 Å². The minimum Gasteiger partial charge on any atom is -0.467 e. The lowest BCUT2D eigenvalue weighted by Crippen LogP contribution is -2.63. The molecular formula is C20H28N2O6. The summed E-state index contributed by atoms with van der Waals surface area (Å²) in [7, 11) is 1.24. The molecule has 0 aromatic heterocycles. The number of hydrogen-bond acceptors (Lipinski definition) is 6. The lowest BCUT2D eigenvalue weighted by molar-refractivity contribution is -0.149. The van der Waals surface area contributed by atoms with Crippen molar-refractivity contribution in [2.75, 3.05) is 20.2 Å². The Kier molecular flexibility index (Phi) is 6.88. The second kappa shape index (κ2) is 8.95. The molecule has 1 aliphatic heterocycles. The fourth-order valence-electron chi connectivity index (χ4n) is 2.89. The molecule has 0 bridgehead atoms. The molecule has 154 valence electrons. The zero-order chi connectivity index (χ0) is 20.9. The van der Waals surface area contributed by atoms with E-state index < -0.39 is 29.8 Å². The number of piperazine rings is 1. The van der Waals surface area contributed by atoms with Crippen LogP contribution in [0.2, 0.25) is 0 Å². The first-order valence-electron chi connectivity index (χ1n) is 9.17. The molecule has 8 nitrogen and oxygen atoms in total. The Morgan fingerprint density at radius 2 is 1.68 bits per heavy atom. The molecule has 2 rings (SSSR count). The fraction of sp³-hybridized carbons (Fsp3) is 0.550. The fourth-order valence-corrected chi connectivity index (χ4v) is 2.89. The van der Waals surface area contributed by atoms with Gasteiger partial charge < -0.3 is 19.1 Å². The summed E-state index contributed by atoms with van der Waals surface area (Å²) >= 11 is 0. The van der Waals surface area contributed by atoms with Crippen LogP contribution in [0, 0.1) is 0 Å². The number of amides is 2. The van der Waals surface area contributed by atoms with Gasteiger partial charge in [-0.15, -0.1) is 0 Å². The van der Waals surface area contributed by atoms with E-state index in [1.807, 2.05) is 30.3 Å². The minimum absolute atomic E-state index is 0.0246. The van der Waals surface area contributed by atoms with Gasteiger partial charge in [-0.2, -0.15) is 0 Å². The van der Waals surface area contributed by atoms with Gasteiger partial charge in [-0.3, -0.25) is 4.90 Å². The molecule has 2 unspecified atom stereocenters. The van der Waals surface area contributed by atoms with Crippen molar-refractivity contribution in [2.24, 2.45) is 0 Å². The number of carbonyl (C=O) groups is 3. The summed E-state index contributed by atoms with van der Waals surface area (Å²) in [6.45, 7) is 7.29. The van der Waals surface area contributed by atoms with Crippen molar-refractivity contribution in [3.8, 4) is 0 Å². The zero-order valence-corrected chi connectivity index (χ0v) is 17.0. The molecule has 1 saturated heterocycles. The highest BCUT2D eigenvalue weighted by molar-refractivity contribution is 5.83. The maximum absolute atomic E-state index is 12.6. The van der Waals surface area contributed by atoms with Crippen molar-refractivity contribution in [1.29, 1.82) is 0 Å². The molecule has 0 aliphatic carbocycles. The van der Waals surface area contributed by atoms with Gasteiger partial charge in [0.15, 0.2) is 6.04 Å². The van der Waals surface area contributed by atoms with Gasteiger partial charge in [0.05, 0.1) is 19.7 Å². The standard InChI is InChI=1S/C20H28N2O6/c1-14-11-22(18(24)27-13-15-9-7-6-8-10-15)16(17(23)26-5)12-21(14)19(25)28-20(2,3)4/h6-10,14,16H,11-13H2,1-5H3. The Bertz CT molecular complexity index is 700. The average molecular weight is 392 g/mol. The summed E-state index contributed by atoms with van der Waals surface area (Å²) in [5, 5.41) is 0. The van der Waals surface area contributed by atoms with Crippen molar-refractivity contribution >= 4 is 18.2 Å². The summed E-state index contributed by atoms with van der Waals surface area (Å²) < 4.78 is 15.6. The van der Waals surface area contributed by atoms with Gasteiger partial charge in [0.25, 0.3) is 0 Å². The van der Waals surface area contributed by atoms with Gasteiger partial charge in [-0.05, 0) is 33.3 Å². The second-order valence-corrected chi connectivity index (χ2v) is 7.71. The third-order valence-corrected chi connectivity index (χ3v) is 4.28. The smallest absolute Gasteiger partial charge is 0.410 e. The van der Waals surface area contributed by atoms with Gasteiger partial charge >= 0.3 is 18.2 Å². The number of hydrogen-bond donors (Lipinski definition) is 0. The highest BCUT2D eigenvalue weighted by Gasteiger charge is 2.42. The number of ether oxygens (including phenoxy) is 3. The van der Waals surface area contributed by atoms with E-state index >= 15 is 0 Å². The molecule has 28 heavy (non-hydrogen) atoms. The number of carbonyl (C=O) groups excluding carboxylic acids is 3. The maximum Gasteiger partial charge on any atom is 0.410 e. The number of rotatable bonds is 3. The predicted octanol–water partition coefficient (Wildman–Crippen LogP) is 2.81. The van der Waals surface area contributed by atoms with Gasteiger partial charge in [-0.1, -0.05) is 30.3 Å². The molecule has 1 heterocycles. The lowest BCUT2D eigenvalue weighted by Gasteiger charge is -2.43. The summed E-state index contributed by atoms with van der Waals surface area (Å²) in [5.74, 6) is -0.614. The Morgan fingerprint density at radius 1 is 1.04 bits per heavy atom. The molecule has 0 saturated carbocycles. The highest BCUT2D eigenvalue weighted by Crippen LogP contribution is 2.21. The number of nitrogens with zero attached hydrogens (tertiary/aromatic N) is 2. The first kappa shape index (κ1) is 21.5. The first-order valence-corrected chi connectivity index (χ1v) is 9.17. The maximum atomic E-state index is 12.6. The molecular weight excluding hydrogens is 364 g/mol. The third kappa shape index (κ3) is 5.61. The number of esters is 1. The van der Waals surface area contributed by atoms with Gasteiger partial charge in [0.2, 0.25) is 0 Å². The second-order valence-electron chi connectivity index (χ2n) is 7.71. The summed E-state index contributed by atoms with van der Waals surface area (Å²) in [6.07, 6.45) is -1.17. The summed E-state index contributed by atoms with van der Waals surface area (Å²) in [6, 6.07) is 7.94. The van der Waals surface area contributed by atoms with Crippen LogP contribution in [0.1, 0.15) is 33.3 Å². The van der Waals surface area contributed by atoms with Crippen LogP contribution in [0.3, 0.4) is 0 Å². The van der Waals surface area contributed by atoms with Gasteiger partial charge in [0.1, 0.15) is 12.2 Å². The van der Waals surface area contributed by atoms with Crippen molar-refractivity contribution in [3.05, 3.63) is 35.9 Å². The molecule has 2 atom stereocenters. The molecule has 1 aromatic carbocycles. The van der Waals surface area contributed by atoms with Crippen LogP contribution in [0.25, 0.3) is 0 Å². The van der Waals surface area contributed by atoms with Crippen LogP contribution < -0.4 is 0 Å². The minimum atomic E-state index is -0.961. The molecule has 1 aliphatic rings. The average Bonchev–Trinajstić information content (AvgIpc) is 2.64. The summed E-state index contributed by atoms with van der Waals surface area (Å²) in [4.78, 5) is 40.1. The monoisotopic (exact) mass is 392 g/mol. The number of benzene rings is 1. The Labute approximate surface area is 165 Å². The van der Waals surface area contributed by atoms with E-state index in [1.165, 1.54) is 16.9 Å². The molecule has 0 radical (unpaired) electrons. The molecule has 8 heteroatoms. The van der Waals surface area contributed by atoms with Crippen LogP contribution in [0.5, 0.6) is 0 Å². The van der Waals surface area contributed by atoms with Crippen molar-refractivity contribution in [1.82, 2.24) is 9.80 Å². The molecule has 1 aromatic rings. The largest absolute Gasteiger partial charge is 0.467 e. The van der Waals surface area contributed by atoms with Crippen molar-refractivity contribution in [2.45, 2.75) is 52.0 Å². The lowest BCUT2D eigenvalue weighted by atomic mass is 10.1. The van der Waals surface area contributed by atoms with Crippen LogP contribution in [-0.2, 0) is 25.6 Å². The first-order chi connectivity index (χ1) is 13.1. The zero-order valence-electron chi connectivity index (χ0n) is 17.0. The van der Waals surface area contributed by atoms with Gasteiger partial charge in [0, 0.05) is 6.54 Å². The Balaban J connectivity index is 2.10. The van der Waals surface area contributed by atoms with Crippen LogP contribution >= 0.6 is 0 Å². The van der Waals surface area contributed by atoms with E-state index in [-0.39, 0.29) is 25.7 Å². The van der Waals surface area contributed by atoms with Crippen molar-refractivity contribution in [3.63, 3.8) is 0 Å². The van der Waals surface area contributed by atoms with Crippen LogP contribution in [-0.4, -0.2) is 65.8 Å². The highest BCUT2D eigenvalue weighted by atomic mass is 16.6. The van der Waals surface area contributed by atoms with E-state index in [2.05, 4.69) is 0 Å². The quantitative estimate of drug-likeness (QED) is 0.581. The van der Waals surface area contributed by atoms with E-state index in [0.717, 1.165) is 5.56 Å². The predicted molar refractivity (Wildman–Crippen MR) is 102 cm³/mol. The molecule has 0 spiro atoms. The van der Waals surface area contributed by atoms with Crippen LogP contribution in [0.4, 0.5) is 9.59 Å². The van der Waals surface area contributed by atoms with E-state index in [9.17, 15) is 14.4 Å². The third-order valence-electron chi connectivity index (χ3n) is 4.28. The van der Waals surface area contributed by atoms with Crippen molar-refractivity contribution < 1.29 is 28.6 Å². The summed E-state index contributed by atoms with van der Waals surface area (Å²) in [5.41, 5.74) is 0.175. The molecule has 0 N–H and O–H groups in total. The van der Waals surface area contributed by atoms with E-state index in [1.54, 1.807) is 27.7 Å². The molecule has 1 fully saturated rings. The molecule has 2 amide bonds. The Hall–Kier alpha value is -2.77.